The molecule has 0 N–H and O–H groups in total. The summed E-state index contributed by atoms with van der Waals surface area (Å²) in [6.45, 7) is 0. The van der Waals surface area contributed by atoms with Crippen molar-refractivity contribution >= 4 is 0 Å². The van der Waals surface area contributed by atoms with Crippen LogP contribution < -0.4 is 37.9 Å². The molecule has 7 heavy (non-hydrogen) atoms. The molecule has 0 aliphatic carbocycles. The molecule has 40 valence electrons. The van der Waals surface area contributed by atoms with Gasteiger partial charge in [0, 0.05) is 0 Å². The molecular weight excluding hydrogens is 198 g/mol. The van der Waals surface area contributed by atoms with Gasteiger partial charge in [-0.05, 0) is 0 Å². The Bertz CT molecular complexity index is 94.9. The Kier molecular flexibility index (Phi) is 12.8. The molecule has 0 spiro atoms. The van der Waals surface area contributed by atoms with E-state index < -0.39 is 13.6 Å². The van der Waals surface area contributed by atoms with E-state index in [0.717, 1.165) is 0 Å². The van der Waals surface area contributed by atoms with Crippen molar-refractivity contribution in [3.63, 3.8) is 0 Å². The van der Waals surface area contributed by atoms with Gasteiger partial charge in [0.15, 0.2) is 0 Å². The fourth-order valence-electron chi connectivity index (χ4n) is 0. The van der Waals surface area contributed by atoms with E-state index in [-0.39, 0.29) is 46.0 Å². The zero-order valence-electron chi connectivity index (χ0n) is 3.36. The minimum atomic E-state index is -5.75. The summed E-state index contributed by atoms with van der Waals surface area (Å²) in [6.07, 6.45) is 0. The molecule has 0 unspecified atom stereocenters. The van der Waals surface area contributed by atoms with Gasteiger partial charge in [-0.15, -0.1) is 0 Å². The molecule has 0 aliphatic heterocycles. The van der Waals surface area contributed by atoms with Gasteiger partial charge in [0.2, 0.25) is 0 Å². The summed E-state index contributed by atoms with van der Waals surface area (Å²) in [6, 6.07) is 0. The molecule has 0 bridgehead atoms. The second-order valence-corrected chi connectivity index (χ2v) is 1.68. The van der Waals surface area contributed by atoms with Gasteiger partial charge in [0.1, 0.15) is 0 Å². The van der Waals surface area contributed by atoms with E-state index in [1.165, 1.54) is 0 Å². The van der Waals surface area contributed by atoms with Gasteiger partial charge >= 0.3 is 75.6 Å². The Morgan fingerprint density at radius 1 is 1.14 bits per heavy atom. The first-order chi connectivity index (χ1) is 2.00. The maximum absolute atomic E-state index is 8.59. The van der Waals surface area contributed by atoms with Gasteiger partial charge in [0.05, 0.1) is 0 Å². The number of rotatable bonds is 0. The molecule has 0 aromatic heterocycles. The van der Waals surface area contributed by atoms with Gasteiger partial charge in [-0.1, -0.05) is 0 Å². The van der Waals surface area contributed by atoms with Gasteiger partial charge in [-0.2, -0.15) is 0 Å². The van der Waals surface area contributed by atoms with Crippen molar-refractivity contribution < 1.29 is 75.6 Å². The number of hydrogen-bond donors (Lipinski definition) is 0. The molecule has 0 aromatic carbocycles. The molecule has 0 rings (SSSR count). The second kappa shape index (κ2) is 5.68. The van der Waals surface area contributed by atoms with Crippen LogP contribution in [-0.4, -0.2) is 0 Å². The van der Waals surface area contributed by atoms with Crippen molar-refractivity contribution in [2.75, 3.05) is 0 Å². The van der Waals surface area contributed by atoms with Crippen LogP contribution in [0.25, 0.3) is 0 Å². The minimum absolute atomic E-state index is 0. The Morgan fingerprint density at radius 3 is 1.14 bits per heavy atom. The second-order valence-electron chi connectivity index (χ2n) is 0.408. The zero-order valence-corrected chi connectivity index (χ0v) is 7.62. The molecule has 0 saturated carbocycles. The first-order valence-corrected chi connectivity index (χ1v) is 2.75. The van der Waals surface area contributed by atoms with E-state index in [0.29, 0.717) is 0 Å². The van der Waals surface area contributed by atoms with Gasteiger partial charge < -0.3 is 0 Å². The van der Waals surface area contributed by atoms with Crippen molar-refractivity contribution in [1.82, 2.24) is 0 Å². The molecule has 0 aliphatic rings. The summed E-state index contributed by atoms with van der Waals surface area (Å²) < 4.78 is 34.4. The summed E-state index contributed by atoms with van der Waals surface area (Å²) >= 11 is -5.75. The number of hydrogen-bond acceptors (Lipinski definition) is 4. The van der Waals surface area contributed by atoms with Crippen LogP contribution in [0.5, 0.6) is 0 Å². The van der Waals surface area contributed by atoms with E-state index >= 15 is 0 Å². The van der Waals surface area contributed by atoms with Crippen molar-refractivity contribution in [3.8, 4) is 0 Å². The van der Waals surface area contributed by atoms with Crippen LogP contribution in [0.1, 0.15) is 0 Å². The van der Waals surface area contributed by atoms with Crippen LogP contribution in [0.4, 0.5) is 0 Å². The summed E-state index contributed by atoms with van der Waals surface area (Å²) in [7, 11) is 0. The van der Waals surface area contributed by atoms with E-state index in [4.69, 9.17) is 15.9 Å². The summed E-state index contributed by atoms with van der Waals surface area (Å²) in [5.74, 6) is 0. The van der Waals surface area contributed by atoms with Crippen molar-refractivity contribution in [2.24, 2.45) is 0 Å². The third-order valence-electron chi connectivity index (χ3n) is 0. The van der Waals surface area contributed by atoms with Crippen molar-refractivity contribution in [2.45, 2.75) is 0 Å². The van der Waals surface area contributed by atoms with Crippen LogP contribution in [0.2, 0.25) is 0 Å². The van der Waals surface area contributed by atoms with E-state index in [2.05, 4.69) is 0 Å². The maximum atomic E-state index is 8.59. The first kappa shape index (κ1) is 15.8. The van der Waals surface area contributed by atoms with Crippen LogP contribution >= 0.6 is 0 Å². The van der Waals surface area contributed by atoms with E-state index in [9.17, 15) is 0 Å². The Balaban J connectivity index is -0.0000000800. The Hall–Kier alpha value is 1.55. The molecular formula is CrNaNiO4+. The molecule has 0 fully saturated rings. The van der Waals surface area contributed by atoms with E-state index in [1.54, 1.807) is 0 Å². The molecule has 0 atom stereocenters. The quantitative estimate of drug-likeness (QED) is 0.363. The summed E-state index contributed by atoms with van der Waals surface area (Å²) in [5.41, 5.74) is 0. The van der Waals surface area contributed by atoms with Crippen LogP contribution in [-0.2, 0) is 37.7 Å². The van der Waals surface area contributed by atoms with Crippen molar-refractivity contribution in [3.05, 3.63) is 0 Å². The average molecular weight is 198 g/mol. The molecule has 7 heteroatoms. The molecule has 0 saturated heterocycles. The molecule has 0 amide bonds. The first-order valence-electron chi connectivity index (χ1n) is 0.667. The third kappa shape index (κ3) is 97.1. The average Bonchev–Trinajstić information content (AvgIpc) is 0.722. The van der Waals surface area contributed by atoms with Crippen molar-refractivity contribution in [1.29, 1.82) is 0 Å². The fraction of sp³-hybridized carbons (Fsp3) is 0. The fourth-order valence-corrected chi connectivity index (χ4v) is 0. The molecule has 0 aromatic rings. The summed E-state index contributed by atoms with van der Waals surface area (Å²) in [4.78, 5) is 0. The van der Waals surface area contributed by atoms with Gasteiger partial charge in [-0.25, -0.2) is 0 Å². The standard InChI is InChI=1S/Cr.Na.Ni.4O/q;+1;+2;;;2*-1. The Labute approximate surface area is 74.9 Å². The topological polar surface area (TPSA) is 80.3 Å². The van der Waals surface area contributed by atoms with Gasteiger partial charge in [-0.3, -0.25) is 0 Å². The monoisotopic (exact) mass is 197 g/mol. The van der Waals surface area contributed by atoms with Gasteiger partial charge in [0.25, 0.3) is 0 Å². The normalized spacial score (nSPS) is 8.29. The Morgan fingerprint density at radius 2 is 1.14 bits per heavy atom. The van der Waals surface area contributed by atoms with Crippen LogP contribution in [0.15, 0.2) is 0 Å². The SMILES string of the molecule is [Na+].[Ni+2].[O]=[Cr](=[O])([O-])[O-]. The molecule has 4 nitrogen and oxygen atoms in total. The predicted molar refractivity (Wildman–Crippen MR) is 1.37 cm³/mol. The predicted octanol–water partition coefficient (Wildman–Crippen LogP) is -5.62. The zero-order chi connectivity index (χ0) is 4.50. The summed E-state index contributed by atoms with van der Waals surface area (Å²) in [5, 5.41) is 0. The van der Waals surface area contributed by atoms with E-state index in [1.807, 2.05) is 0 Å². The van der Waals surface area contributed by atoms with Crippen LogP contribution in [0, 0.1) is 0 Å². The van der Waals surface area contributed by atoms with Crippen LogP contribution in [0.3, 0.4) is 0 Å². The third-order valence-corrected chi connectivity index (χ3v) is 0. The molecule has 0 heterocycles. The molecule has 0 radical (unpaired) electrons.